The third kappa shape index (κ3) is 1.71. The van der Waals surface area contributed by atoms with Crippen LogP contribution in [0.3, 0.4) is 0 Å². The molecule has 1 atom stereocenters. The van der Waals surface area contributed by atoms with Gasteiger partial charge in [0.2, 0.25) is 0 Å². The van der Waals surface area contributed by atoms with Crippen molar-refractivity contribution in [3.05, 3.63) is 53.4 Å². The third-order valence-electron chi connectivity index (χ3n) is 3.42. The Morgan fingerprint density at radius 3 is 2.88 bits per heavy atom. The molecule has 0 aromatic heterocycles. The van der Waals surface area contributed by atoms with E-state index in [9.17, 15) is 4.39 Å². The maximum atomic E-state index is 14.0. The van der Waals surface area contributed by atoms with Gasteiger partial charge < -0.3 is 0 Å². The number of fused-ring (bicyclic) bond motifs is 1. The van der Waals surface area contributed by atoms with E-state index in [1.807, 2.05) is 13.0 Å². The highest BCUT2D eigenvalue weighted by atomic mass is 19.1. The average Bonchev–Trinajstić information content (AvgIpc) is 2.62. The van der Waals surface area contributed by atoms with Gasteiger partial charge in [0.05, 0.1) is 0 Å². The van der Waals surface area contributed by atoms with Crippen molar-refractivity contribution in [1.29, 1.82) is 0 Å². The molecule has 0 fully saturated rings. The van der Waals surface area contributed by atoms with Crippen LogP contribution in [0.15, 0.2) is 30.9 Å². The maximum Gasteiger partial charge on any atom is 0.127 e. The number of halogens is 1. The predicted molar refractivity (Wildman–Crippen MR) is 67.0 cm³/mol. The molecule has 1 aliphatic rings. The van der Waals surface area contributed by atoms with Crippen LogP contribution >= 0.6 is 0 Å². The second-order valence-corrected chi connectivity index (χ2v) is 4.42. The van der Waals surface area contributed by atoms with Crippen LogP contribution in [0.2, 0.25) is 0 Å². The van der Waals surface area contributed by atoms with E-state index in [-0.39, 0.29) is 5.82 Å². The van der Waals surface area contributed by atoms with Crippen LogP contribution < -0.4 is 0 Å². The summed E-state index contributed by atoms with van der Waals surface area (Å²) in [5.74, 6) is 0.306. The lowest BCUT2D eigenvalue weighted by Crippen LogP contribution is -1.95. The fourth-order valence-corrected chi connectivity index (χ4v) is 2.52. The molecule has 1 aromatic rings. The first-order chi connectivity index (χ1) is 7.67. The Morgan fingerprint density at radius 1 is 1.50 bits per heavy atom. The lowest BCUT2D eigenvalue weighted by molar-refractivity contribution is 0.595. The summed E-state index contributed by atoms with van der Waals surface area (Å²) in [5.41, 5.74) is 4.04. The van der Waals surface area contributed by atoms with E-state index < -0.39 is 0 Å². The summed E-state index contributed by atoms with van der Waals surface area (Å²) in [6.45, 7) is 7.80. The summed E-state index contributed by atoms with van der Waals surface area (Å²) in [6, 6.07) is 3.75. The Hall–Kier alpha value is -1.37. The summed E-state index contributed by atoms with van der Waals surface area (Å²) in [4.78, 5) is 0. The zero-order valence-corrected chi connectivity index (χ0v) is 9.89. The molecule has 0 heterocycles. The zero-order chi connectivity index (χ0) is 11.7. The molecule has 0 radical (unpaired) electrons. The maximum absolute atomic E-state index is 14.0. The van der Waals surface area contributed by atoms with E-state index in [0.717, 1.165) is 29.5 Å². The molecule has 1 heteroatoms. The van der Waals surface area contributed by atoms with E-state index in [1.54, 1.807) is 12.1 Å². The first-order valence-corrected chi connectivity index (χ1v) is 5.78. The SMILES string of the molecule is C=C/C(=C\C)c1cc(F)c2c(c1)CC[C@@H]2C. The smallest absolute Gasteiger partial charge is 0.127 e. The van der Waals surface area contributed by atoms with Gasteiger partial charge in [-0.2, -0.15) is 0 Å². The van der Waals surface area contributed by atoms with Gasteiger partial charge in [-0.15, -0.1) is 0 Å². The van der Waals surface area contributed by atoms with Crippen molar-refractivity contribution in [2.75, 3.05) is 0 Å². The Labute approximate surface area is 96.5 Å². The van der Waals surface area contributed by atoms with Crippen molar-refractivity contribution in [1.82, 2.24) is 0 Å². The molecule has 0 saturated carbocycles. The molecule has 0 saturated heterocycles. The number of allylic oxidation sites excluding steroid dienone is 3. The zero-order valence-electron chi connectivity index (χ0n) is 9.89. The second kappa shape index (κ2) is 4.25. The minimum Gasteiger partial charge on any atom is -0.207 e. The van der Waals surface area contributed by atoms with E-state index in [2.05, 4.69) is 19.6 Å². The molecule has 1 aromatic carbocycles. The molecule has 2 rings (SSSR count). The molecule has 16 heavy (non-hydrogen) atoms. The highest BCUT2D eigenvalue weighted by Crippen LogP contribution is 2.36. The van der Waals surface area contributed by atoms with Gasteiger partial charge in [-0.1, -0.05) is 31.7 Å². The first-order valence-electron chi connectivity index (χ1n) is 5.78. The van der Waals surface area contributed by atoms with Gasteiger partial charge in [-0.05, 0) is 54.0 Å². The molecule has 0 bridgehead atoms. The first kappa shape index (κ1) is 11.1. The Balaban J connectivity index is 2.54. The van der Waals surface area contributed by atoms with Gasteiger partial charge in [0.25, 0.3) is 0 Å². The molecular formula is C15H17F. The van der Waals surface area contributed by atoms with Crippen LogP contribution in [-0.2, 0) is 6.42 Å². The summed E-state index contributed by atoms with van der Waals surface area (Å²) < 4.78 is 14.0. The molecule has 0 nitrogen and oxygen atoms in total. The standard InChI is InChI=1S/C15H17F/c1-4-11(5-2)13-8-12-7-6-10(3)15(12)14(16)9-13/h4-5,8-10H,1,6-7H2,2-3H3/b11-5+/t10-/m0/s1. The second-order valence-electron chi connectivity index (χ2n) is 4.42. The van der Waals surface area contributed by atoms with E-state index in [0.29, 0.717) is 5.92 Å². The van der Waals surface area contributed by atoms with Crippen molar-refractivity contribution in [2.45, 2.75) is 32.6 Å². The van der Waals surface area contributed by atoms with Crippen molar-refractivity contribution in [2.24, 2.45) is 0 Å². The highest BCUT2D eigenvalue weighted by Gasteiger charge is 2.23. The highest BCUT2D eigenvalue weighted by molar-refractivity contribution is 5.74. The Kier molecular flexibility index (Phi) is 2.95. The number of benzene rings is 1. The minimum absolute atomic E-state index is 0.0568. The third-order valence-corrected chi connectivity index (χ3v) is 3.42. The number of aryl methyl sites for hydroxylation is 1. The molecule has 0 N–H and O–H groups in total. The number of rotatable bonds is 2. The average molecular weight is 216 g/mol. The molecule has 0 spiro atoms. The van der Waals surface area contributed by atoms with Crippen molar-refractivity contribution < 1.29 is 4.39 Å². The van der Waals surface area contributed by atoms with Gasteiger partial charge >= 0.3 is 0 Å². The van der Waals surface area contributed by atoms with Crippen LogP contribution in [0.25, 0.3) is 5.57 Å². The fraction of sp³-hybridized carbons (Fsp3) is 0.333. The Morgan fingerprint density at radius 2 is 2.25 bits per heavy atom. The normalized spacial score (nSPS) is 19.7. The molecule has 0 unspecified atom stereocenters. The predicted octanol–water partition coefficient (Wildman–Crippen LogP) is 4.46. The fourth-order valence-electron chi connectivity index (χ4n) is 2.52. The van der Waals surface area contributed by atoms with Crippen LogP contribution in [-0.4, -0.2) is 0 Å². The van der Waals surface area contributed by atoms with Crippen molar-refractivity contribution in [3.63, 3.8) is 0 Å². The van der Waals surface area contributed by atoms with Crippen molar-refractivity contribution in [3.8, 4) is 0 Å². The van der Waals surface area contributed by atoms with Gasteiger partial charge in [-0.25, -0.2) is 4.39 Å². The van der Waals surface area contributed by atoms with Gasteiger partial charge in [0, 0.05) is 0 Å². The van der Waals surface area contributed by atoms with Crippen LogP contribution in [0.1, 0.15) is 42.9 Å². The monoisotopic (exact) mass is 216 g/mol. The quantitative estimate of drug-likeness (QED) is 0.640. The van der Waals surface area contributed by atoms with Gasteiger partial charge in [0.1, 0.15) is 5.82 Å². The van der Waals surface area contributed by atoms with Crippen molar-refractivity contribution >= 4 is 5.57 Å². The van der Waals surface area contributed by atoms with E-state index in [1.165, 1.54) is 5.56 Å². The van der Waals surface area contributed by atoms with Gasteiger partial charge in [0.15, 0.2) is 0 Å². The molecule has 1 aliphatic carbocycles. The van der Waals surface area contributed by atoms with Gasteiger partial charge in [-0.3, -0.25) is 0 Å². The lowest BCUT2D eigenvalue weighted by Gasteiger charge is -2.09. The van der Waals surface area contributed by atoms with E-state index in [4.69, 9.17) is 0 Å². The Bertz CT molecular complexity index is 455. The van der Waals surface area contributed by atoms with E-state index >= 15 is 0 Å². The summed E-state index contributed by atoms with van der Waals surface area (Å²) in [5, 5.41) is 0. The number of hydrogen-bond donors (Lipinski definition) is 0. The minimum atomic E-state index is -0.0568. The van der Waals surface area contributed by atoms with Crippen LogP contribution in [0.4, 0.5) is 4.39 Å². The topological polar surface area (TPSA) is 0 Å². The summed E-state index contributed by atoms with van der Waals surface area (Å²) in [6.07, 6.45) is 5.80. The molecule has 0 amide bonds. The summed E-state index contributed by atoms with van der Waals surface area (Å²) >= 11 is 0. The number of hydrogen-bond acceptors (Lipinski definition) is 0. The lowest BCUT2D eigenvalue weighted by atomic mass is 9.97. The van der Waals surface area contributed by atoms with Crippen LogP contribution in [0.5, 0.6) is 0 Å². The largest absolute Gasteiger partial charge is 0.207 e. The molecular weight excluding hydrogens is 199 g/mol. The summed E-state index contributed by atoms with van der Waals surface area (Å²) in [7, 11) is 0. The molecule has 0 aliphatic heterocycles. The molecule has 84 valence electrons. The van der Waals surface area contributed by atoms with Crippen LogP contribution in [0, 0.1) is 5.82 Å².